The molecule has 0 aliphatic heterocycles. The van der Waals surface area contributed by atoms with Crippen LogP contribution in [0.15, 0.2) is 35.0 Å². The molecule has 3 rings (SSSR count). The third-order valence-electron chi connectivity index (χ3n) is 3.05. The second-order valence-corrected chi connectivity index (χ2v) is 5.05. The highest BCUT2D eigenvalue weighted by Gasteiger charge is 2.18. The van der Waals surface area contributed by atoms with E-state index >= 15 is 0 Å². The Labute approximate surface area is 112 Å². The first kappa shape index (κ1) is 11.9. The summed E-state index contributed by atoms with van der Waals surface area (Å²) in [7, 11) is 0. The molecule has 0 aliphatic carbocycles. The molecular formula is C14H10FNO2S. The first-order chi connectivity index (χ1) is 9.09. The van der Waals surface area contributed by atoms with E-state index in [0.29, 0.717) is 16.8 Å². The van der Waals surface area contributed by atoms with Crippen molar-refractivity contribution in [2.45, 2.75) is 6.92 Å². The van der Waals surface area contributed by atoms with Crippen molar-refractivity contribution in [3.63, 3.8) is 0 Å². The van der Waals surface area contributed by atoms with Crippen LogP contribution in [0.1, 0.15) is 16.1 Å². The predicted octanol–water partition coefficient (Wildman–Crippen LogP) is 3.54. The molecule has 0 radical (unpaired) electrons. The van der Waals surface area contributed by atoms with E-state index in [-0.39, 0.29) is 11.3 Å². The van der Waals surface area contributed by atoms with Crippen LogP contribution in [0.3, 0.4) is 0 Å². The molecule has 0 saturated heterocycles. The molecule has 0 saturated carbocycles. The number of aromatic hydroxyl groups is 1. The number of rotatable bonds is 1. The van der Waals surface area contributed by atoms with Crippen molar-refractivity contribution in [2.24, 2.45) is 0 Å². The Morgan fingerprint density at radius 2 is 2.16 bits per heavy atom. The Hall–Kier alpha value is -2.14. The minimum Gasteiger partial charge on any atom is -0.505 e. The molecule has 3 nitrogen and oxygen atoms in total. The smallest absolute Gasteiger partial charge is 0.263 e. The van der Waals surface area contributed by atoms with Crippen molar-refractivity contribution in [1.29, 1.82) is 0 Å². The van der Waals surface area contributed by atoms with Gasteiger partial charge in [-0.05, 0) is 36.6 Å². The SMILES string of the molecule is Cc1cc2c(F)c(O)ccc2n1C(=O)c1ccsc1. The summed E-state index contributed by atoms with van der Waals surface area (Å²) in [5, 5.41) is 13.2. The van der Waals surface area contributed by atoms with Crippen molar-refractivity contribution >= 4 is 28.1 Å². The lowest BCUT2D eigenvalue weighted by Crippen LogP contribution is -2.12. The van der Waals surface area contributed by atoms with E-state index in [0.717, 1.165) is 0 Å². The van der Waals surface area contributed by atoms with E-state index in [2.05, 4.69) is 0 Å². The Morgan fingerprint density at radius 1 is 1.37 bits per heavy atom. The number of carbonyl (C=O) groups is 1. The quantitative estimate of drug-likeness (QED) is 0.738. The van der Waals surface area contributed by atoms with Gasteiger partial charge in [-0.25, -0.2) is 4.39 Å². The number of halogens is 1. The first-order valence-electron chi connectivity index (χ1n) is 5.66. The lowest BCUT2D eigenvalue weighted by Gasteiger charge is -2.05. The van der Waals surface area contributed by atoms with Crippen molar-refractivity contribution in [2.75, 3.05) is 0 Å². The summed E-state index contributed by atoms with van der Waals surface area (Å²) in [6, 6.07) is 6.10. The van der Waals surface area contributed by atoms with Crippen molar-refractivity contribution in [3.8, 4) is 5.75 Å². The molecule has 96 valence electrons. The molecule has 0 atom stereocenters. The largest absolute Gasteiger partial charge is 0.505 e. The highest BCUT2D eigenvalue weighted by atomic mass is 32.1. The van der Waals surface area contributed by atoms with E-state index in [1.807, 2.05) is 5.38 Å². The number of hydrogen-bond acceptors (Lipinski definition) is 3. The van der Waals surface area contributed by atoms with Crippen LogP contribution in [-0.2, 0) is 0 Å². The third kappa shape index (κ3) is 1.74. The standard InChI is InChI=1S/C14H10FNO2S/c1-8-6-10-11(2-3-12(17)13(10)15)16(8)14(18)9-4-5-19-7-9/h2-7,17H,1H3. The molecule has 2 aromatic heterocycles. The number of carbonyl (C=O) groups excluding carboxylic acids is 1. The Bertz CT molecular complexity index is 774. The molecule has 0 bridgehead atoms. The number of phenolic OH excluding ortho intramolecular Hbond substituents is 1. The number of nitrogens with zero attached hydrogens (tertiary/aromatic N) is 1. The number of thiophene rings is 1. The summed E-state index contributed by atoms with van der Waals surface area (Å²) in [4.78, 5) is 12.4. The lowest BCUT2D eigenvalue weighted by atomic mass is 10.2. The predicted molar refractivity (Wildman–Crippen MR) is 72.3 cm³/mol. The lowest BCUT2D eigenvalue weighted by molar-refractivity contribution is 0.0963. The maximum Gasteiger partial charge on any atom is 0.263 e. The summed E-state index contributed by atoms with van der Waals surface area (Å²) >= 11 is 1.43. The van der Waals surface area contributed by atoms with Gasteiger partial charge in [0, 0.05) is 16.5 Å². The summed E-state index contributed by atoms with van der Waals surface area (Å²) in [6.45, 7) is 1.74. The van der Waals surface area contributed by atoms with Crippen LogP contribution in [0.5, 0.6) is 5.75 Å². The van der Waals surface area contributed by atoms with Gasteiger partial charge < -0.3 is 5.11 Å². The minimum absolute atomic E-state index is 0.196. The number of aromatic nitrogens is 1. The van der Waals surface area contributed by atoms with Crippen LogP contribution in [0, 0.1) is 12.7 Å². The van der Waals surface area contributed by atoms with Gasteiger partial charge in [-0.15, -0.1) is 0 Å². The van der Waals surface area contributed by atoms with E-state index in [4.69, 9.17) is 0 Å². The zero-order chi connectivity index (χ0) is 13.6. The Kier molecular flexibility index (Phi) is 2.64. The first-order valence-corrected chi connectivity index (χ1v) is 6.60. The van der Waals surface area contributed by atoms with Gasteiger partial charge >= 0.3 is 0 Å². The van der Waals surface area contributed by atoms with Crippen molar-refractivity contribution in [3.05, 3.63) is 52.1 Å². The second kappa shape index (κ2) is 4.20. The zero-order valence-corrected chi connectivity index (χ0v) is 10.9. The summed E-state index contributed by atoms with van der Waals surface area (Å²) in [6.07, 6.45) is 0. The molecule has 2 heterocycles. The molecule has 0 unspecified atom stereocenters. The van der Waals surface area contributed by atoms with Gasteiger partial charge in [-0.2, -0.15) is 11.3 Å². The number of fused-ring (bicyclic) bond motifs is 1. The van der Waals surface area contributed by atoms with Gasteiger partial charge in [-0.1, -0.05) is 0 Å². The summed E-state index contributed by atoms with van der Waals surface area (Å²) in [5.74, 6) is -1.30. The monoisotopic (exact) mass is 275 g/mol. The molecule has 1 N–H and O–H groups in total. The van der Waals surface area contributed by atoms with Crippen molar-refractivity contribution in [1.82, 2.24) is 4.57 Å². The molecule has 0 spiro atoms. The minimum atomic E-state index is -0.697. The maximum atomic E-state index is 13.8. The van der Waals surface area contributed by atoms with E-state index in [9.17, 15) is 14.3 Å². The topological polar surface area (TPSA) is 42.2 Å². The number of aryl methyl sites for hydroxylation is 1. The molecule has 1 aromatic carbocycles. The third-order valence-corrected chi connectivity index (χ3v) is 3.74. The molecular weight excluding hydrogens is 265 g/mol. The molecule has 5 heteroatoms. The van der Waals surface area contributed by atoms with Crippen LogP contribution in [0.2, 0.25) is 0 Å². The maximum absolute atomic E-state index is 13.8. The average Bonchev–Trinajstić information content (AvgIpc) is 3.00. The van der Waals surface area contributed by atoms with E-state index in [1.54, 1.807) is 30.5 Å². The zero-order valence-electron chi connectivity index (χ0n) is 10.1. The van der Waals surface area contributed by atoms with Gasteiger partial charge in [0.1, 0.15) is 0 Å². The van der Waals surface area contributed by atoms with Crippen LogP contribution in [-0.4, -0.2) is 15.6 Å². The van der Waals surface area contributed by atoms with Gasteiger partial charge in [0.05, 0.1) is 11.1 Å². The molecule has 0 aliphatic rings. The highest BCUT2D eigenvalue weighted by molar-refractivity contribution is 7.08. The molecule has 3 aromatic rings. The van der Waals surface area contributed by atoms with Crippen LogP contribution < -0.4 is 0 Å². The van der Waals surface area contributed by atoms with E-state index < -0.39 is 11.6 Å². The van der Waals surface area contributed by atoms with Gasteiger partial charge in [-0.3, -0.25) is 9.36 Å². The Morgan fingerprint density at radius 3 is 2.84 bits per heavy atom. The summed E-state index contributed by atoms with van der Waals surface area (Å²) in [5.41, 5.74) is 1.67. The molecule has 0 amide bonds. The molecule has 0 fully saturated rings. The molecule has 19 heavy (non-hydrogen) atoms. The van der Waals surface area contributed by atoms with Gasteiger partial charge in [0.25, 0.3) is 5.91 Å². The van der Waals surface area contributed by atoms with Crippen LogP contribution in [0.4, 0.5) is 4.39 Å². The number of hydrogen-bond donors (Lipinski definition) is 1. The average molecular weight is 275 g/mol. The Balaban J connectivity index is 2.28. The normalized spacial score (nSPS) is 11.1. The van der Waals surface area contributed by atoms with Crippen molar-refractivity contribution < 1.29 is 14.3 Å². The van der Waals surface area contributed by atoms with Gasteiger partial charge in [0.15, 0.2) is 11.6 Å². The van der Waals surface area contributed by atoms with Gasteiger partial charge in [0.2, 0.25) is 0 Å². The summed E-state index contributed by atoms with van der Waals surface area (Å²) < 4.78 is 15.3. The van der Waals surface area contributed by atoms with E-state index in [1.165, 1.54) is 22.0 Å². The number of benzene rings is 1. The number of phenols is 1. The fraction of sp³-hybridized carbons (Fsp3) is 0.0714. The second-order valence-electron chi connectivity index (χ2n) is 4.27. The highest BCUT2D eigenvalue weighted by Crippen LogP contribution is 2.28. The van der Waals surface area contributed by atoms with Crippen LogP contribution in [0.25, 0.3) is 10.9 Å². The fourth-order valence-corrected chi connectivity index (χ4v) is 2.78. The van der Waals surface area contributed by atoms with Crippen LogP contribution >= 0.6 is 11.3 Å². The fourth-order valence-electron chi connectivity index (χ4n) is 2.15.